The fourth-order valence-corrected chi connectivity index (χ4v) is 5.06. The first-order chi connectivity index (χ1) is 10.0. The molecule has 0 radical (unpaired) electrons. The number of hydrogen-bond donors (Lipinski definition) is 1. The molecule has 2 rings (SSSR count). The summed E-state index contributed by atoms with van der Waals surface area (Å²) in [7, 11) is 1.77. The fraction of sp³-hybridized carbons (Fsp3) is 0.824. The molecule has 0 aliphatic heterocycles. The standard InChI is InChI=1S/C17H30N2OS/c1-6-15-14(4)21-16(19-15)17(18-7-8-20-5)10-12(2)9-13(3)11-17/h12-13,18H,6-11H2,1-5H3. The lowest BCUT2D eigenvalue weighted by Gasteiger charge is -2.42. The van der Waals surface area contributed by atoms with Gasteiger partial charge in [-0.15, -0.1) is 11.3 Å². The lowest BCUT2D eigenvalue weighted by molar-refractivity contribution is 0.123. The number of methoxy groups -OCH3 is 1. The minimum Gasteiger partial charge on any atom is -0.383 e. The Kier molecular flexibility index (Phi) is 5.81. The molecule has 1 N–H and O–H groups in total. The Hall–Kier alpha value is -0.450. The van der Waals surface area contributed by atoms with E-state index in [2.05, 4.69) is 33.0 Å². The Labute approximate surface area is 133 Å². The second-order valence-corrected chi connectivity index (χ2v) is 7.93. The average molecular weight is 311 g/mol. The second kappa shape index (κ2) is 7.21. The highest BCUT2D eigenvalue weighted by atomic mass is 32.1. The van der Waals surface area contributed by atoms with Gasteiger partial charge in [-0.3, -0.25) is 0 Å². The lowest BCUT2D eigenvalue weighted by atomic mass is 9.72. The van der Waals surface area contributed by atoms with Crippen molar-refractivity contribution >= 4 is 11.3 Å². The maximum Gasteiger partial charge on any atom is 0.113 e. The van der Waals surface area contributed by atoms with Crippen molar-refractivity contribution in [1.29, 1.82) is 0 Å². The van der Waals surface area contributed by atoms with Crippen molar-refractivity contribution in [2.45, 2.75) is 58.9 Å². The van der Waals surface area contributed by atoms with Crippen LogP contribution in [0, 0.1) is 18.8 Å². The number of thiazole rings is 1. The average Bonchev–Trinajstić information content (AvgIpc) is 2.80. The van der Waals surface area contributed by atoms with Crippen molar-refractivity contribution in [1.82, 2.24) is 10.3 Å². The smallest absolute Gasteiger partial charge is 0.113 e. The maximum absolute atomic E-state index is 5.24. The van der Waals surface area contributed by atoms with Gasteiger partial charge in [-0.1, -0.05) is 20.8 Å². The maximum atomic E-state index is 5.24. The van der Waals surface area contributed by atoms with E-state index in [1.807, 2.05) is 11.3 Å². The highest BCUT2D eigenvalue weighted by molar-refractivity contribution is 7.11. The summed E-state index contributed by atoms with van der Waals surface area (Å²) >= 11 is 1.89. The molecule has 1 aromatic heterocycles. The number of nitrogens with one attached hydrogen (secondary N) is 1. The molecular formula is C17H30N2OS. The Morgan fingerprint density at radius 1 is 1.33 bits per heavy atom. The molecule has 1 fully saturated rings. The minimum absolute atomic E-state index is 0.0540. The van der Waals surface area contributed by atoms with Gasteiger partial charge in [-0.05, 0) is 44.4 Å². The molecule has 2 unspecified atom stereocenters. The molecule has 0 spiro atoms. The molecule has 3 nitrogen and oxygen atoms in total. The third-order valence-electron chi connectivity index (χ3n) is 4.61. The first-order valence-electron chi connectivity index (χ1n) is 8.21. The predicted octanol–water partition coefficient (Wildman–Crippen LogP) is 3.90. The monoisotopic (exact) mass is 310 g/mol. The van der Waals surface area contributed by atoms with Crippen molar-refractivity contribution in [3.63, 3.8) is 0 Å². The van der Waals surface area contributed by atoms with Gasteiger partial charge in [0.2, 0.25) is 0 Å². The molecule has 0 saturated heterocycles. The molecule has 1 heterocycles. The van der Waals surface area contributed by atoms with Gasteiger partial charge < -0.3 is 10.1 Å². The van der Waals surface area contributed by atoms with Gasteiger partial charge in [-0.25, -0.2) is 4.98 Å². The van der Waals surface area contributed by atoms with E-state index in [0.717, 1.165) is 31.4 Å². The molecular weight excluding hydrogens is 280 g/mol. The van der Waals surface area contributed by atoms with Crippen molar-refractivity contribution in [2.75, 3.05) is 20.3 Å². The molecule has 0 amide bonds. The molecule has 2 atom stereocenters. The largest absolute Gasteiger partial charge is 0.383 e. The van der Waals surface area contributed by atoms with Gasteiger partial charge in [0.05, 0.1) is 17.8 Å². The van der Waals surface area contributed by atoms with E-state index in [1.165, 1.54) is 34.8 Å². The van der Waals surface area contributed by atoms with Gasteiger partial charge in [-0.2, -0.15) is 0 Å². The number of rotatable bonds is 6. The van der Waals surface area contributed by atoms with Crippen molar-refractivity contribution in [3.05, 3.63) is 15.6 Å². The zero-order valence-electron chi connectivity index (χ0n) is 14.2. The Balaban J connectivity index is 2.29. The van der Waals surface area contributed by atoms with Crippen LogP contribution >= 0.6 is 11.3 Å². The first-order valence-corrected chi connectivity index (χ1v) is 9.03. The van der Waals surface area contributed by atoms with Crippen LogP contribution < -0.4 is 5.32 Å². The van der Waals surface area contributed by atoms with Crippen LogP contribution in [0.3, 0.4) is 0 Å². The molecule has 120 valence electrons. The van der Waals surface area contributed by atoms with Gasteiger partial charge in [0, 0.05) is 18.5 Å². The Morgan fingerprint density at radius 3 is 2.52 bits per heavy atom. The van der Waals surface area contributed by atoms with Crippen molar-refractivity contribution in [2.24, 2.45) is 11.8 Å². The summed E-state index contributed by atoms with van der Waals surface area (Å²) in [6, 6.07) is 0. The number of hydrogen-bond acceptors (Lipinski definition) is 4. The van der Waals surface area contributed by atoms with E-state index >= 15 is 0 Å². The summed E-state index contributed by atoms with van der Waals surface area (Å²) in [4.78, 5) is 6.37. The van der Waals surface area contributed by atoms with Crippen LogP contribution in [-0.2, 0) is 16.7 Å². The van der Waals surface area contributed by atoms with E-state index < -0.39 is 0 Å². The summed E-state index contributed by atoms with van der Waals surface area (Å²) in [5.41, 5.74) is 1.33. The van der Waals surface area contributed by atoms with Crippen LogP contribution in [0.4, 0.5) is 0 Å². The molecule has 4 heteroatoms. The Morgan fingerprint density at radius 2 is 2.00 bits per heavy atom. The minimum atomic E-state index is 0.0540. The van der Waals surface area contributed by atoms with E-state index in [0.29, 0.717) is 0 Å². The lowest BCUT2D eigenvalue weighted by Crippen LogP contribution is -2.48. The first kappa shape index (κ1) is 16.9. The van der Waals surface area contributed by atoms with Crippen LogP contribution in [0.5, 0.6) is 0 Å². The fourth-order valence-electron chi connectivity index (χ4n) is 3.87. The SMILES string of the molecule is CCc1nc(C2(NCCOC)CC(C)CC(C)C2)sc1C. The summed E-state index contributed by atoms with van der Waals surface area (Å²) in [5, 5.41) is 5.10. The molecule has 0 bridgehead atoms. The van der Waals surface area contributed by atoms with Crippen molar-refractivity contribution < 1.29 is 4.74 Å². The van der Waals surface area contributed by atoms with E-state index in [4.69, 9.17) is 9.72 Å². The topological polar surface area (TPSA) is 34.2 Å². The quantitative estimate of drug-likeness (QED) is 0.809. The van der Waals surface area contributed by atoms with Crippen LogP contribution in [0.2, 0.25) is 0 Å². The molecule has 0 aromatic carbocycles. The molecule has 1 aliphatic rings. The molecule has 1 aromatic rings. The second-order valence-electron chi connectivity index (χ2n) is 6.73. The van der Waals surface area contributed by atoms with Crippen LogP contribution in [-0.4, -0.2) is 25.2 Å². The van der Waals surface area contributed by atoms with E-state index in [-0.39, 0.29) is 5.54 Å². The molecule has 1 aliphatic carbocycles. The number of nitrogens with zero attached hydrogens (tertiary/aromatic N) is 1. The highest BCUT2D eigenvalue weighted by Crippen LogP contribution is 2.44. The van der Waals surface area contributed by atoms with Gasteiger partial charge in [0.15, 0.2) is 0 Å². The molecule has 1 saturated carbocycles. The normalized spacial score (nSPS) is 29.8. The Bertz CT molecular complexity index is 448. The van der Waals surface area contributed by atoms with Crippen LogP contribution in [0.1, 0.15) is 55.6 Å². The zero-order valence-corrected chi connectivity index (χ0v) is 15.0. The van der Waals surface area contributed by atoms with Crippen LogP contribution in [0.25, 0.3) is 0 Å². The van der Waals surface area contributed by atoms with E-state index in [9.17, 15) is 0 Å². The molecule has 21 heavy (non-hydrogen) atoms. The summed E-state index contributed by atoms with van der Waals surface area (Å²) < 4.78 is 5.24. The van der Waals surface area contributed by atoms with Crippen LogP contribution in [0.15, 0.2) is 0 Å². The number of aromatic nitrogens is 1. The third-order valence-corrected chi connectivity index (χ3v) is 5.82. The van der Waals surface area contributed by atoms with Crippen molar-refractivity contribution in [3.8, 4) is 0 Å². The van der Waals surface area contributed by atoms with Gasteiger partial charge in [0.25, 0.3) is 0 Å². The predicted molar refractivity (Wildman–Crippen MR) is 90.0 cm³/mol. The zero-order chi connectivity index (χ0) is 15.5. The summed E-state index contributed by atoms with van der Waals surface area (Å²) in [6.07, 6.45) is 4.74. The summed E-state index contributed by atoms with van der Waals surface area (Å²) in [6.45, 7) is 10.8. The highest BCUT2D eigenvalue weighted by Gasteiger charge is 2.41. The van der Waals surface area contributed by atoms with E-state index in [1.54, 1.807) is 7.11 Å². The third kappa shape index (κ3) is 3.85. The number of ether oxygens (including phenoxy) is 1. The number of aryl methyl sites for hydroxylation is 2. The summed E-state index contributed by atoms with van der Waals surface area (Å²) in [5.74, 6) is 1.50. The van der Waals surface area contributed by atoms with Gasteiger partial charge >= 0.3 is 0 Å². The van der Waals surface area contributed by atoms with Gasteiger partial charge in [0.1, 0.15) is 5.01 Å².